The highest BCUT2D eigenvalue weighted by molar-refractivity contribution is 6.07. The standard InChI is InChI=1S/C22H22N2O4/c1-11-10-17(16-8-6-7-9-18(16)23-11)22(27)28-15(5)21(26)20-12(2)19(14(4)25)13(3)24-20/h6-10,15,24H,1-5H3/t15-/m1/s1. The van der Waals surface area contributed by atoms with Crippen molar-refractivity contribution in [3.05, 3.63) is 64.1 Å². The Labute approximate surface area is 162 Å². The molecule has 2 heterocycles. The monoisotopic (exact) mass is 378 g/mol. The highest BCUT2D eigenvalue weighted by Gasteiger charge is 2.27. The Kier molecular flexibility index (Phi) is 5.14. The van der Waals surface area contributed by atoms with Gasteiger partial charge in [-0.15, -0.1) is 0 Å². The van der Waals surface area contributed by atoms with Crippen LogP contribution in [0.5, 0.6) is 0 Å². The molecule has 6 nitrogen and oxygen atoms in total. The number of carbonyl (C=O) groups excluding carboxylic acids is 3. The van der Waals surface area contributed by atoms with Crippen LogP contribution in [0.4, 0.5) is 0 Å². The summed E-state index contributed by atoms with van der Waals surface area (Å²) >= 11 is 0. The lowest BCUT2D eigenvalue weighted by Crippen LogP contribution is -2.25. The Bertz CT molecular complexity index is 1110. The maximum absolute atomic E-state index is 12.8. The molecule has 28 heavy (non-hydrogen) atoms. The lowest BCUT2D eigenvalue weighted by Gasteiger charge is -2.14. The molecule has 0 aliphatic heterocycles. The van der Waals surface area contributed by atoms with Crippen molar-refractivity contribution in [2.75, 3.05) is 0 Å². The number of esters is 1. The molecule has 3 aromatic rings. The number of rotatable bonds is 5. The SMILES string of the molecule is CC(=O)c1c(C)[nH]c(C(=O)[C@@H](C)OC(=O)c2cc(C)nc3ccccc23)c1C. The number of aromatic nitrogens is 2. The minimum Gasteiger partial charge on any atom is -0.451 e. The Balaban J connectivity index is 1.89. The first-order valence-corrected chi connectivity index (χ1v) is 9.02. The summed E-state index contributed by atoms with van der Waals surface area (Å²) in [6.07, 6.45) is -1.00. The number of hydrogen-bond acceptors (Lipinski definition) is 5. The zero-order chi connectivity index (χ0) is 20.6. The van der Waals surface area contributed by atoms with E-state index in [2.05, 4.69) is 9.97 Å². The van der Waals surface area contributed by atoms with E-state index in [0.717, 1.165) is 0 Å². The second-order valence-corrected chi connectivity index (χ2v) is 6.92. The van der Waals surface area contributed by atoms with Gasteiger partial charge >= 0.3 is 5.97 Å². The second kappa shape index (κ2) is 7.38. The second-order valence-electron chi connectivity index (χ2n) is 6.92. The van der Waals surface area contributed by atoms with Crippen LogP contribution < -0.4 is 0 Å². The quantitative estimate of drug-likeness (QED) is 0.533. The molecule has 144 valence electrons. The number of nitrogens with zero attached hydrogens (tertiary/aromatic N) is 1. The fourth-order valence-corrected chi connectivity index (χ4v) is 3.48. The Morgan fingerprint density at radius 3 is 2.43 bits per heavy atom. The molecule has 1 aromatic carbocycles. The maximum Gasteiger partial charge on any atom is 0.339 e. The number of H-pyrrole nitrogens is 1. The van der Waals surface area contributed by atoms with Crippen LogP contribution in [0.2, 0.25) is 0 Å². The molecule has 3 rings (SSSR count). The molecule has 0 fully saturated rings. The number of hydrogen-bond donors (Lipinski definition) is 1. The summed E-state index contributed by atoms with van der Waals surface area (Å²) in [6, 6.07) is 8.93. The number of carbonyl (C=O) groups is 3. The van der Waals surface area contributed by atoms with Gasteiger partial charge in [0.1, 0.15) is 0 Å². The third-order valence-electron chi connectivity index (χ3n) is 4.75. The average Bonchev–Trinajstić information content (AvgIpc) is 2.94. The van der Waals surface area contributed by atoms with E-state index in [0.29, 0.717) is 44.7 Å². The van der Waals surface area contributed by atoms with Crippen LogP contribution in [-0.2, 0) is 4.74 Å². The third-order valence-corrected chi connectivity index (χ3v) is 4.75. The number of ketones is 2. The van der Waals surface area contributed by atoms with Gasteiger partial charge in [-0.05, 0) is 52.3 Å². The zero-order valence-electron chi connectivity index (χ0n) is 16.5. The molecule has 0 bridgehead atoms. The molecule has 0 saturated carbocycles. The van der Waals surface area contributed by atoms with Crippen molar-refractivity contribution < 1.29 is 19.1 Å². The van der Waals surface area contributed by atoms with E-state index in [4.69, 9.17) is 4.74 Å². The fourth-order valence-electron chi connectivity index (χ4n) is 3.48. The largest absolute Gasteiger partial charge is 0.451 e. The lowest BCUT2D eigenvalue weighted by atomic mass is 10.0. The summed E-state index contributed by atoms with van der Waals surface area (Å²) in [5.74, 6) is -1.08. The molecule has 1 atom stereocenters. The molecule has 0 aliphatic rings. The molecule has 1 N–H and O–H groups in total. The van der Waals surface area contributed by atoms with Crippen LogP contribution in [0.1, 0.15) is 62.0 Å². The van der Waals surface area contributed by atoms with Crippen molar-refractivity contribution in [2.24, 2.45) is 0 Å². The van der Waals surface area contributed by atoms with Gasteiger partial charge in [0, 0.05) is 22.3 Å². The maximum atomic E-state index is 12.8. The smallest absolute Gasteiger partial charge is 0.339 e. The number of ether oxygens (including phenoxy) is 1. The van der Waals surface area contributed by atoms with E-state index in [1.54, 1.807) is 32.9 Å². The van der Waals surface area contributed by atoms with Crippen molar-refractivity contribution >= 4 is 28.4 Å². The van der Waals surface area contributed by atoms with Gasteiger partial charge in [-0.2, -0.15) is 0 Å². The Morgan fingerprint density at radius 2 is 1.79 bits per heavy atom. The van der Waals surface area contributed by atoms with E-state index < -0.39 is 12.1 Å². The summed E-state index contributed by atoms with van der Waals surface area (Å²) in [6.45, 7) is 8.23. The minimum atomic E-state index is -1.00. The summed E-state index contributed by atoms with van der Waals surface area (Å²) in [5, 5.41) is 0.670. The normalized spacial score (nSPS) is 12.0. The summed E-state index contributed by atoms with van der Waals surface area (Å²) < 4.78 is 5.46. The number of aromatic amines is 1. The number of nitrogens with one attached hydrogen (secondary N) is 1. The minimum absolute atomic E-state index is 0.117. The molecule has 6 heteroatoms. The van der Waals surface area contributed by atoms with Crippen molar-refractivity contribution in [1.29, 1.82) is 0 Å². The van der Waals surface area contributed by atoms with Gasteiger partial charge in [0.05, 0.1) is 16.8 Å². The van der Waals surface area contributed by atoms with Crippen molar-refractivity contribution in [1.82, 2.24) is 9.97 Å². The first-order valence-electron chi connectivity index (χ1n) is 9.02. The van der Waals surface area contributed by atoms with Crippen LogP contribution in [0.15, 0.2) is 30.3 Å². The molecule has 0 radical (unpaired) electrons. The van der Waals surface area contributed by atoms with Crippen molar-refractivity contribution in [3.8, 4) is 0 Å². The van der Waals surface area contributed by atoms with Crippen molar-refractivity contribution in [3.63, 3.8) is 0 Å². The van der Waals surface area contributed by atoms with Crippen LogP contribution in [-0.4, -0.2) is 33.6 Å². The topological polar surface area (TPSA) is 89.1 Å². The van der Waals surface area contributed by atoms with Gasteiger partial charge in [-0.25, -0.2) is 4.79 Å². The number of para-hydroxylation sites is 1. The van der Waals surface area contributed by atoms with Gasteiger partial charge in [0.25, 0.3) is 0 Å². The van der Waals surface area contributed by atoms with Crippen LogP contribution in [0.25, 0.3) is 10.9 Å². The van der Waals surface area contributed by atoms with Gasteiger partial charge in [0.15, 0.2) is 11.9 Å². The summed E-state index contributed by atoms with van der Waals surface area (Å²) in [7, 11) is 0. The number of pyridine rings is 1. The first-order chi connectivity index (χ1) is 13.2. The van der Waals surface area contributed by atoms with Gasteiger partial charge < -0.3 is 9.72 Å². The lowest BCUT2D eigenvalue weighted by molar-refractivity contribution is 0.0318. The molecule has 0 amide bonds. The molecular formula is C22H22N2O4. The van der Waals surface area contributed by atoms with E-state index in [9.17, 15) is 14.4 Å². The number of benzene rings is 1. The van der Waals surface area contributed by atoms with E-state index in [-0.39, 0.29) is 11.6 Å². The van der Waals surface area contributed by atoms with Crippen LogP contribution in [0.3, 0.4) is 0 Å². The van der Waals surface area contributed by atoms with Crippen LogP contribution >= 0.6 is 0 Å². The first kappa shape index (κ1) is 19.5. The average molecular weight is 378 g/mol. The highest BCUT2D eigenvalue weighted by atomic mass is 16.5. The summed E-state index contributed by atoms with van der Waals surface area (Å²) in [4.78, 5) is 44.7. The Hall–Kier alpha value is -3.28. The van der Waals surface area contributed by atoms with Gasteiger partial charge in [-0.3, -0.25) is 14.6 Å². The third kappa shape index (κ3) is 3.45. The van der Waals surface area contributed by atoms with Gasteiger partial charge in [-0.1, -0.05) is 18.2 Å². The molecule has 0 spiro atoms. The molecule has 2 aromatic heterocycles. The molecule has 0 aliphatic carbocycles. The van der Waals surface area contributed by atoms with E-state index in [1.807, 2.05) is 18.2 Å². The predicted octanol–water partition coefficient (Wildman–Crippen LogP) is 4.12. The molecule has 0 unspecified atom stereocenters. The molecule has 0 saturated heterocycles. The molecular weight excluding hydrogens is 356 g/mol. The zero-order valence-corrected chi connectivity index (χ0v) is 16.5. The van der Waals surface area contributed by atoms with Crippen molar-refractivity contribution in [2.45, 2.75) is 40.7 Å². The Morgan fingerprint density at radius 1 is 1.11 bits per heavy atom. The fraction of sp³-hybridized carbons (Fsp3) is 0.273. The highest BCUT2D eigenvalue weighted by Crippen LogP contribution is 2.22. The number of Topliss-reactive ketones (excluding diaryl/α,β-unsaturated/α-hetero) is 2. The predicted molar refractivity (Wildman–Crippen MR) is 106 cm³/mol. The van der Waals surface area contributed by atoms with Gasteiger partial charge in [0.2, 0.25) is 5.78 Å². The number of fused-ring (bicyclic) bond motifs is 1. The van der Waals surface area contributed by atoms with E-state index >= 15 is 0 Å². The number of aryl methyl sites for hydroxylation is 2. The van der Waals surface area contributed by atoms with E-state index in [1.165, 1.54) is 13.8 Å². The van der Waals surface area contributed by atoms with Crippen LogP contribution in [0, 0.1) is 20.8 Å². The summed E-state index contributed by atoms with van der Waals surface area (Å²) in [5.41, 5.74) is 3.73.